The van der Waals surface area contributed by atoms with Crippen molar-refractivity contribution in [3.63, 3.8) is 0 Å². The highest BCUT2D eigenvalue weighted by Gasteiger charge is 2.22. The molecule has 1 saturated heterocycles. The number of rotatable bonds is 4. The highest BCUT2D eigenvalue weighted by atomic mass is 79.9. The zero-order valence-electron chi connectivity index (χ0n) is 14.5. The van der Waals surface area contributed by atoms with Crippen LogP contribution in [-0.4, -0.2) is 51.7 Å². The van der Waals surface area contributed by atoms with Crippen molar-refractivity contribution in [2.24, 2.45) is 0 Å². The topological polar surface area (TPSA) is 41.4 Å². The monoisotopic (exact) mass is 424 g/mol. The van der Waals surface area contributed by atoms with Crippen LogP contribution in [0, 0.1) is 13.8 Å². The largest absolute Gasteiger partial charge is 0.339 e. The van der Waals surface area contributed by atoms with Crippen LogP contribution in [0.1, 0.15) is 17.0 Å². The lowest BCUT2D eigenvalue weighted by atomic mass is 10.2. The van der Waals surface area contributed by atoms with Gasteiger partial charge in [0.1, 0.15) is 6.54 Å². The Bertz CT molecular complexity index is 768. The first-order valence-electron chi connectivity index (χ1n) is 8.38. The van der Waals surface area contributed by atoms with Gasteiger partial charge in [-0.25, -0.2) is 0 Å². The molecule has 0 saturated carbocycles. The van der Waals surface area contributed by atoms with Gasteiger partial charge in [0.15, 0.2) is 0 Å². The lowest BCUT2D eigenvalue weighted by Crippen LogP contribution is -2.49. The number of amides is 1. The van der Waals surface area contributed by atoms with Gasteiger partial charge >= 0.3 is 0 Å². The number of aryl methyl sites for hydroxylation is 1. The van der Waals surface area contributed by atoms with Crippen LogP contribution in [0.15, 0.2) is 28.7 Å². The van der Waals surface area contributed by atoms with E-state index in [1.807, 2.05) is 36.9 Å². The molecule has 0 aliphatic carbocycles. The molecule has 1 aromatic carbocycles. The van der Waals surface area contributed by atoms with Gasteiger partial charge in [0.25, 0.3) is 0 Å². The first-order valence-corrected chi connectivity index (χ1v) is 9.56. The molecule has 5 nitrogen and oxygen atoms in total. The number of hydrogen-bond acceptors (Lipinski definition) is 3. The minimum Gasteiger partial charge on any atom is -0.339 e. The highest BCUT2D eigenvalue weighted by Crippen LogP contribution is 2.20. The predicted molar refractivity (Wildman–Crippen MR) is 103 cm³/mol. The van der Waals surface area contributed by atoms with Crippen molar-refractivity contribution < 1.29 is 4.79 Å². The summed E-state index contributed by atoms with van der Waals surface area (Å²) in [7, 11) is 0. The summed E-state index contributed by atoms with van der Waals surface area (Å²) in [4.78, 5) is 16.8. The molecule has 25 heavy (non-hydrogen) atoms. The van der Waals surface area contributed by atoms with Gasteiger partial charge in [0.2, 0.25) is 5.91 Å². The average Bonchev–Trinajstić information content (AvgIpc) is 2.84. The fourth-order valence-corrected chi connectivity index (χ4v) is 3.56. The van der Waals surface area contributed by atoms with E-state index < -0.39 is 0 Å². The third-order valence-electron chi connectivity index (χ3n) is 4.65. The van der Waals surface area contributed by atoms with Gasteiger partial charge in [-0.15, -0.1) is 0 Å². The van der Waals surface area contributed by atoms with Gasteiger partial charge < -0.3 is 4.90 Å². The number of aromatic nitrogens is 2. The van der Waals surface area contributed by atoms with Crippen molar-refractivity contribution in [2.45, 2.75) is 26.9 Å². The zero-order valence-corrected chi connectivity index (χ0v) is 16.8. The lowest BCUT2D eigenvalue weighted by Gasteiger charge is -2.35. The van der Waals surface area contributed by atoms with E-state index in [0.717, 1.165) is 59.2 Å². The Morgan fingerprint density at radius 2 is 1.88 bits per heavy atom. The van der Waals surface area contributed by atoms with Gasteiger partial charge in [-0.1, -0.05) is 29.8 Å². The van der Waals surface area contributed by atoms with E-state index in [4.69, 9.17) is 11.6 Å². The van der Waals surface area contributed by atoms with E-state index in [-0.39, 0.29) is 5.91 Å². The summed E-state index contributed by atoms with van der Waals surface area (Å²) in [5.41, 5.74) is 3.04. The number of halogens is 2. The molecule has 0 bridgehead atoms. The first kappa shape index (κ1) is 18.4. The Labute approximate surface area is 161 Å². The number of carbonyl (C=O) groups excluding carboxylic acids is 1. The molecule has 2 aromatic rings. The Morgan fingerprint density at radius 1 is 1.20 bits per heavy atom. The molecule has 3 rings (SSSR count). The van der Waals surface area contributed by atoms with E-state index in [0.29, 0.717) is 6.54 Å². The van der Waals surface area contributed by atoms with Crippen molar-refractivity contribution in [2.75, 3.05) is 26.2 Å². The summed E-state index contributed by atoms with van der Waals surface area (Å²) in [5.74, 6) is 0.121. The Morgan fingerprint density at radius 3 is 2.48 bits per heavy atom. The van der Waals surface area contributed by atoms with E-state index in [9.17, 15) is 4.79 Å². The lowest BCUT2D eigenvalue weighted by molar-refractivity contribution is -0.133. The molecule has 134 valence electrons. The molecule has 0 N–H and O–H groups in total. The molecule has 1 aliphatic rings. The normalized spacial score (nSPS) is 15.6. The van der Waals surface area contributed by atoms with Gasteiger partial charge in [-0.2, -0.15) is 5.10 Å². The molecule has 0 radical (unpaired) electrons. The van der Waals surface area contributed by atoms with Crippen molar-refractivity contribution in [3.8, 4) is 0 Å². The summed E-state index contributed by atoms with van der Waals surface area (Å²) < 4.78 is 2.75. The smallest absolute Gasteiger partial charge is 0.244 e. The molecular weight excluding hydrogens is 404 g/mol. The second-order valence-electron chi connectivity index (χ2n) is 6.39. The fourth-order valence-electron chi connectivity index (χ4n) is 3.08. The van der Waals surface area contributed by atoms with Crippen molar-refractivity contribution in [3.05, 3.63) is 50.7 Å². The van der Waals surface area contributed by atoms with Crippen LogP contribution in [0.5, 0.6) is 0 Å². The summed E-state index contributed by atoms with van der Waals surface area (Å²) in [6.07, 6.45) is 0. The third-order valence-corrected chi connectivity index (χ3v) is 6.17. The van der Waals surface area contributed by atoms with Gasteiger partial charge in [-0.3, -0.25) is 14.4 Å². The van der Waals surface area contributed by atoms with Crippen molar-refractivity contribution in [1.82, 2.24) is 19.6 Å². The van der Waals surface area contributed by atoms with Gasteiger partial charge in [0, 0.05) is 37.7 Å². The van der Waals surface area contributed by atoms with Gasteiger partial charge in [-0.05, 0) is 41.4 Å². The molecule has 1 aromatic heterocycles. The van der Waals surface area contributed by atoms with Gasteiger partial charge in [0.05, 0.1) is 15.9 Å². The van der Waals surface area contributed by atoms with E-state index in [1.165, 1.54) is 0 Å². The summed E-state index contributed by atoms with van der Waals surface area (Å²) in [6, 6.07) is 7.93. The van der Waals surface area contributed by atoms with Crippen molar-refractivity contribution in [1.29, 1.82) is 0 Å². The Kier molecular flexibility index (Phi) is 5.81. The maximum atomic E-state index is 12.6. The van der Waals surface area contributed by atoms with E-state index in [2.05, 4.69) is 32.0 Å². The molecule has 0 spiro atoms. The molecule has 7 heteroatoms. The second-order valence-corrected chi connectivity index (χ2v) is 7.59. The maximum absolute atomic E-state index is 12.6. The second kappa shape index (κ2) is 7.89. The highest BCUT2D eigenvalue weighted by molar-refractivity contribution is 9.10. The number of nitrogens with zero attached hydrogens (tertiary/aromatic N) is 4. The molecule has 1 fully saturated rings. The Hall–Kier alpha value is -1.37. The van der Waals surface area contributed by atoms with Crippen molar-refractivity contribution >= 4 is 33.4 Å². The fraction of sp³-hybridized carbons (Fsp3) is 0.444. The number of piperazine rings is 1. The van der Waals surface area contributed by atoms with Crippen LogP contribution in [0.25, 0.3) is 0 Å². The minimum atomic E-state index is 0.121. The SMILES string of the molecule is Cc1nn(CC(=O)N2CCN(Cc3ccccc3Cl)CC2)c(C)c1Br. The molecule has 1 amide bonds. The van der Waals surface area contributed by atoms with Crippen LogP contribution in [-0.2, 0) is 17.9 Å². The number of hydrogen-bond donors (Lipinski definition) is 0. The first-order chi connectivity index (χ1) is 12.0. The zero-order chi connectivity index (χ0) is 18.0. The molecular formula is C18H22BrClN4O. The summed E-state index contributed by atoms with van der Waals surface area (Å²) >= 11 is 9.74. The maximum Gasteiger partial charge on any atom is 0.244 e. The summed E-state index contributed by atoms with van der Waals surface area (Å²) in [6.45, 7) is 8.22. The third kappa shape index (κ3) is 4.25. The minimum absolute atomic E-state index is 0.121. The Balaban J connectivity index is 1.54. The summed E-state index contributed by atoms with van der Waals surface area (Å²) in [5, 5.41) is 5.22. The predicted octanol–water partition coefficient (Wildman–Crippen LogP) is 3.26. The quantitative estimate of drug-likeness (QED) is 0.755. The van der Waals surface area contributed by atoms with Crippen LogP contribution in [0.2, 0.25) is 5.02 Å². The van der Waals surface area contributed by atoms with E-state index >= 15 is 0 Å². The van der Waals surface area contributed by atoms with Crippen LogP contribution < -0.4 is 0 Å². The standard InChI is InChI=1S/C18H22BrClN4O/c1-13-18(19)14(2)24(21-13)12-17(25)23-9-7-22(8-10-23)11-15-5-3-4-6-16(15)20/h3-6H,7-12H2,1-2H3. The average molecular weight is 426 g/mol. The molecule has 0 atom stereocenters. The number of benzene rings is 1. The molecule has 2 heterocycles. The van der Waals surface area contributed by atoms with Crippen LogP contribution >= 0.6 is 27.5 Å². The molecule has 1 aliphatic heterocycles. The van der Waals surface area contributed by atoms with Crippen LogP contribution in [0.3, 0.4) is 0 Å². The van der Waals surface area contributed by atoms with E-state index in [1.54, 1.807) is 4.68 Å². The molecule has 0 unspecified atom stereocenters. The van der Waals surface area contributed by atoms with Crippen LogP contribution in [0.4, 0.5) is 0 Å². The number of carbonyl (C=O) groups is 1.